The lowest BCUT2D eigenvalue weighted by molar-refractivity contribution is -0.147. The van der Waals surface area contributed by atoms with E-state index in [0.717, 1.165) is 22.4 Å². The Morgan fingerprint density at radius 1 is 1.37 bits per heavy atom. The first kappa shape index (κ1) is 15.5. The third-order valence-corrected chi connectivity index (χ3v) is 3.71. The van der Waals surface area contributed by atoms with Gasteiger partial charge in [-0.2, -0.15) is 0 Å². The molecule has 0 bridgehead atoms. The minimum Gasteiger partial charge on any atom is -0.496 e. The third-order valence-electron chi connectivity index (χ3n) is 3.71. The van der Waals surface area contributed by atoms with Crippen LogP contribution in [0.15, 0.2) is 12.1 Å². The fraction of sp³-hybridized carbons (Fsp3) is 0.533. The standard InChI is InChI=1S/C15H23NO3/c1-9-10(2)13(19-5)7-6-11(9)12(16)8-15(3,4)14(17)18/h6-7,12H,8,16H2,1-5H3,(H,17,18). The molecule has 0 fully saturated rings. The van der Waals surface area contributed by atoms with Crippen molar-refractivity contribution >= 4 is 5.97 Å². The van der Waals surface area contributed by atoms with Gasteiger partial charge in [-0.25, -0.2) is 0 Å². The molecule has 0 aliphatic carbocycles. The van der Waals surface area contributed by atoms with Crippen molar-refractivity contribution in [3.8, 4) is 5.75 Å². The summed E-state index contributed by atoms with van der Waals surface area (Å²) in [6.07, 6.45) is 0.398. The fourth-order valence-corrected chi connectivity index (χ4v) is 2.19. The SMILES string of the molecule is COc1ccc(C(N)CC(C)(C)C(=O)O)c(C)c1C. The predicted octanol–water partition coefficient (Wildman–Crippen LogP) is 2.81. The third kappa shape index (κ3) is 3.26. The normalized spacial score (nSPS) is 13.2. The van der Waals surface area contributed by atoms with E-state index in [1.165, 1.54) is 0 Å². The van der Waals surface area contributed by atoms with Gasteiger partial charge < -0.3 is 15.6 Å². The molecule has 0 radical (unpaired) electrons. The van der Waals surface area contributed by atoms with E-state index in [-0.39, 0.29) is 6.04 Å². The number of carbonyl (C=O) groups is 1. The molecule has 106 valence electrons. The van der Waals surface area contributed by atoms with Crippen molar-refractivity contribution in [3.05, 3.63) is 28.8 Å². The van der Waals surface area contributed by atoms with Gasteiger partial charge in [-0.15, -0.1) is 0 Å². The molecule has 0 aliphatic heterocycles. The highest BCUT2D eigenvalue weighted by Crippen LogP contribution is 2.33. The van der Waals surface area contributed by atoms with Gasteiger partial charge in [0.15, 0.2) is 0 Å². The molecule has 1 rings (SSSR count). The zero-order valence-corrected chi connectivity index (χ0v) is 12.3. The average Bonchev–Trinajstić information content (AvgIpc) is 2.31. The molecule has 1 atom stereocenters. The molecule has 0 spiro atoms. The van der Waals surface area contributed by atoms with E-state index in [4.69, 9.17) is 15.6 Å². The van der Waals surface area contributed by atoms with E-state index < -0.39 is 11.4 Å². The molecule has 4 nitrogen and oxygen atoms in total. The van der Waals surface area contributed by atoms with Crippen molar-refractivity contribution in [2.45, 2.75) is 40.2 Å². The molecule has 3 N–H and O–H groups in total. The fourth-order valence-electron chi connectivity index (χ4n) is 2.19. The van der Waals surface area contributed by atoms with Crippen LogP contribution in [0.3, 0.4) is 0 Å². The maximum Gasteiger partial charge on any atom is 0.309 e. The van der Waals surface area contributed by atoms with E-state index in [1.807, 2.05) is 26.0 Å². The van der Waals surface area contributed by atoms with Crippen molar-refractivity contribution in [1.82, 2.24) is 0 Å². The molecule has 0 saturated carbocycles. The summed E-state index contributed by atoms with van der Waals surface area (Å²) in [5, 5.41) is 9.17. The van der Waals surface area contributed by atoms with E-state index in [0.29, 0.717) is 6.42 Å². The van der Waals surface area contributed by atoms with Gasteiger partial charge in [0.2, 0.25) is 0 Å². The van der Waals surface area contributed by atoms with Crippen LogP contribution in [0.25, 0.3) is 0 Å². The molecule has 0 amide bonds. The van der Waals surface area contributed by atoms with Gasteiger partial charge in [-0.1, -0.05) is 6.07 Å². The number of carboxylic acids is 1. The van der Waals surface area contributed by atoms with Crippen LogP contribution in [-0.2, 0) is 4.79 Å². The largest absolute Gasteiger partial charge is 0.496 e. The summed E-state index contributed by atoms with van der Waals surface area (Å²) in [6.45, 7) is 7.36. The first-order chi connectivity index (χ1) is 8.70. The Kier molecular flexibility index (Phi) is 4.58. The van der Waals surface area contributed by atoms with Gasteiger partial charge in [0.25, 0.3) is 0 Å². The summed E-state index contributed by atoms with van der Waals surface area (Å²) in [7, 11) is 1.63. The second-order valence-electron chi connectivity index (χ2n) is 5.61. The number of ether oxygens (including phenoxy) is 1. The Bertz CT molecular complexity index is 481. The number of aliphatic carboxylic acids is 1. The maximum atomic E-state index is 11.2. The Morgan fingerprint density at radius 3 is 2.42 bits per heavy atom. The molecule has 19 heavy (non-hydrogen) atoms. The molecule has 1 aromatic rings. The van der Waals surface area contributed by atoms with Crippen LogP contribution < -0.4 is 10.5 Å². The zero-order valence-electron chi connectivity index (χ0n) is 12.3. The van der Waals surface area contributed by atoms with Crippen LogP contribution in [0, 0.1) is 19.3 Å². The lowest BCUT2D eigenvalue weighted by Gasteiger charge is -2.25. The van der Waals surface area contributed by atoms with Crippen LogP contribution in [-0.4, -0.2) is 18.2 Å². The van der Waals surface area contributed by atoms with E-state index in [9.17, 15) is 4.79 Å². The highest BCUT2D eigenvalue weighted by molar-refractivity contribution is 5.73. The number of rotatable bonds is 5. The molecule has 0 heterocycles. The molecule has 0 aromatic heterocycles. The summed E-state index contributed by atoms with van der Waals surface area (Å²) in [4.78, 5) is 11.2. The maximum absolute atomic E-state index is 11.2. The van der Waals surface area contributed by atoms with Gasteiger partial charge >= 0.3 is 5.97 Å². The summed E-state index contributed by atoms with van der Waals surface area (Å²) < 4.78 is 5.26. The van der Waals surface area contributed by atoms with Crippen LogP contribution in [0.2, 0.25) is 0 Å². The van der Waals surface area contributed by atoms with E-state index in [2.05, 4.69) is 0 Å². The summed E-state index contributed by atoms with van der Waals surface area (Å²) in [6, 6.07) is 3.51. The van der Waals surface area contributed by atoms with Crippen molar-refractivity contribution in [1.29, 1.82) is 0 Å². The predicted molar refractivity (Wildman–Crippen MR) is 75.4 cm³/mol. The average molecular weight is 265 g/mol. The Morgan fingerprint density at radius 2 is 1.95 bits per heavy atom. The minimum absolute atomic E-state index is 0.296. The first-order valence-electron chi connectivity index (χ1n) is 6.33. The van der Waals surface area contributed by atoms with Crippen LogP contribution in [0.4, 0.5) is 0 Å². The number of methoxy groups -OCH3 is 1. The molecule has 1 aromatic carbocycles. The summed E-state index contributed by atoms with van der Waals surface area (Å²) >= 11 is 0. The topological polar surface area (TPSA) is 72.5 Å². The van der Waals surface area contributed by atoms with Crippen molar-refractivity contribution in [2.75, 3.05) is 7.11 Å². The number of benzene rings is 1. The van der Waals surface area contributed by atoms with Gasteiger partial charge in [-0.05, 0) is 56.9 Å². The van der Waals surface area contributed by atoms with Crippen molar-refractivity contribution < 1.29 is 14.6 Å². The molecular weight excluding hydrogens is 242 g/mol. The number of hydrogen-bond donors (Lipinski definition) is 2. The highest BCUT2D eigenvalue weighted by Gasteiger charge is 2.30. The monoisotopic (exact) mass is 265 g/mol. The number of hydrogen-bond acceptors (Lipinski definition) is 3. The second-order valence-corrected chi connectivity index (χ2v) is 5.61. The second kappa shape index (κ2) is 5.61. The number of nitrogens with two attached hydrogens (primary N) is 1. The lowest BCUT2D eigenvalue weighted by Crippen LogP contribution is -2.29. The summed E-state index contributed by atoms with van der Waals surface area (Å²) in [5.41, 5.74) is 8.43. The van der Waals surface area contributed by atoms with E-state index >= 15 is 0 Å². The van der Waals surface area contributed by atoms with E-state index in [1.54, 1.807) is 21.0 Å². The molecule has 0 aliphatic rings. The first-order valence-corrected chi connectivity index (χ1v) is 6.33. The van der Waals surface area contributed by atoms with Crippen LogP contribution in [0.5, 0.6) is 5.75 Å². The van der Waals surface area contributed by atoms with Gasteiger partial charge in [-0.3, -0.25) is 4.79 Å². The Balaban J connectivity index is 3.05. The quantitative estimate of drug-likeness (QED) is 0.858. The lowest BCUT2D eigenvalue weighted by atomic mass is 9.82. The Hall–Kier alpha value is -1.55. The minimum atomic E-state index is -0.834. The van der Waals surface area contributed by atoms with Gasteiger partial charge in [0.1, 0.15) is 5.75 Å². The zero-order chi connectivity index (χ0) is 14.8. The molecule has 4 heteroatoms. The molecule has 1 unspecified atom stereocenters. The van der Waals surface area contributed by atoms with Gasteiger partial charge in [0, 0.05) is 6.04 Å². The summed E-state index contributed by atoms with van der Waals surface area (Å²) in [5.74, 6) is -0.00298. The smallest absolute Gasteiger partial charge is 0.309 e. The molecular formula is C15H23NO3. The van der Waals surface area contributed by atoms with Crippen LogP contribution in [0.1, 0.15) is 43.0 Å². The van der Waals surface area contributed by atoms with Gasteiger partial charge in [0.05, 0.1) is 12.5 Å². The van der Waals surface area contributed by atoms with Crippen molar-refractivity contribution in [3.63, 3.8) is 0 Å². The van der Waals surface area contributed by atoms with Crippen LogP contribution >= 0.6 is 0 Å². The Labute approximate surface area is 114 Å². The number of carboxylic acid groups (broad SMARTS) is 1. The molecule has 0 saturated heterocycles. The highest BCUT2D eigenvalue weighted by atomic mass is 16.5. The van der Waals surface area contributed by atoms with Crippen molar-refractivity contribution in [2.24, 2.45) is 11.1 Å².